The van der Waals surface area contributed by atoms with E-state index in [1.807, 2.05) is 24.3 Å². The number of hydrogen-bond acceptors (Lipinski definition) is 3. The zero-order chi connectivity index (χ0) is 15.5. The monoisotopic (exact) mass is 312 g/mol. The summed E-state index contributed by atoms with van der Waals surface area (Å²) < 4.78 is 5.33. The van der Waals surface area contributed by atoms with E-state index in [2.05, 4.69) is 23.1 Å². The summed E-state index contributed by atoms with van der Waals surface area (Å²) >= 11 is 6.18. The second-order valence-corrected chi connectivity index (χ2v) is 5.81. The lowest BCUT2D eigenvalue weighted by Gasteiger charge is -2.27. The van der Waals surface area contributed by atoms with Crippen LogP contribution in [0.4, 0.5) is 5.69 Å². The van der Waals surface area contributed by atoms with Crippen LogP contribution in [0.2, 0.25) is 5.02 Å². The zero-order valence-electron chi connectivity index (χ0n) is 12.4. The van der Waals surface area contributed by atoms with Gasteiger partial charge in [-0.2, -0.15) is 5.26 Å². The molecule has 0 N–H and O–H groups in total. The van der Waals surface area contributed by atoms with Gasteiger partial charge in [0.05, 0.1) is 23.7 Å². The minimum atomic E-state index is 0.319. The first-order chi connectivity index (χ1) is 10.7. The van der Waals surface area contributed by atoms with Gasteiger partial charge in [0.1, 0.15) is 11.8 Å². The molecule has 0 bridgehead atoms. The van der Waals surface area contributed by atoms with Gasteiger partial charge in [-0.25, -0.2) is 0 Å². The predicted molar refractivity (Wildman–Crippen MR) is 88.5 cm³/mol. The highest BCUT2D eigenvalue weighted by Crippen LogP contribution is 2.38. The highest BCUT2D eigenvalue weighted by molar-refractivity contribution is 6.32. The van der Waals surface area contributed by atoms with Crippen molar-refractivity contribution in [2.24, 2.45) is 0 Å². The molecule has 1 aliphatic rings. The zero-order valence-corrected chi connectivity index (χ0v) is 13.2. The molecule has 1 aliphatic heterocycles. The van der Waals surface area contributed by atoms with Crippen molar-refractivity contribution in [2.75, 3.05) is 18.6 Å². The number of hydrogen-bond donors (Lipinski definition) is 0. The molecular weight excluding hydrogens is 296 g/mol. The molecule has 112 valence electrons. The van der Waals surface area contributed by atoms with Crippen molar-refractivity contribution in [2.45, 2.75) is 18.9 Å². The van der Waals surface area contributed by atoms with Gasteiger partial charge in [-0.3, -0.25) is 0 Å². The van der Waals surface area contributed by atoms with Crippen molar-refractivity contribution >= 4 is 17.3 Å². The number of nitrogens with zero attached hydrogens (tertiary/aromatic N) is 2. The fourth-order valence-electron chi connectivity index (χ4n) is 3.04. The third-order valence-corrected chi connectivity index (χ3v) is 4.45. The Kier molecular flexibility index (Phi) is 4.22. The minimum absolute atomic E-state index is 0.319. The van der Waals surface area contributed by atoms with Crippen molar-refractivity contribution in [1.29, 1.82) is 5.26 Å². The van der Waals surface area contributed by atoms with Crippen LogP contribution >= 0.6 is 11.6 Å². The number of methoxy groups -OCH3 is 1. The third-order valence-electron chi connectivity index (χ3n) is 4.14. The van der Waals surface area contributed by atoms with E-state index >= 15 is 0 Å². The molecule has 0 spiro atoms. The van der Waals surface area contributed by atoms with Gasteiger partial charge in [0.2, 0.25) is 0 Å². The van der Waals surface area contributed by atoms with E-state index < -0.39 is 0 Å². The molecule has 3 rings (SSSR count). The lowest BCUT2D eigenvalue weighted by molar-refractivity contribution is 0.414. The van der Waals surface area contributed by atoms with Crippen LogP contribution in [0.3, 0.4) is 0 Å². The van der Waals surface area contributed by atoms with Crippen molar-refractivity contribution in [3.05, 3.63) is 58.6 Å². The smallest absolute Gasteiger partial charge is 0.119 e. The fraction of sp³-hybridized carbons (Fsp3) is 0.278. The molecule has 22 heavy (non-hydrogen) atoms. The van der Waals surface area contributed by atoms with Crippen LogP contribution in [0.5, 0.6) is 5.75 Å². The van der Waals surface area contributed by atoms with Crippen molar-refractivity contribution in [3.8, 4) is 11.8 Å². The molecule has 0 aromatic heterocycles. The lowest BCUT2D eigenvalue weighted by Crippen LogP contribution is -2.22. The van der Waals surface area contributed by atoms with E-state index in [9.17, 15) is 0 Å². The van der Waals surface area contributed by atoms with Crippen LogP contribution < -0.4 is 9.64 Å². The molecule has 1 fully saturated rings. The maximum atomic E-state index is 9.00. The maximum Gasteiger partial charge on any atom is 0.119 e. The van der Waals surface area contributed by atoms with Crippen molar-refractivity contribution in [3.63, 3.8) is 0 Å². The number of ether oxygens (including phenoxy) is 1. The van der Waals surface area contributed by atoms with E-state index in [0.29, 0.717) is 16.6 Å². The van der Waals surface area contributed by atoms with Crippen LogP contribution in [-0.4, -0.2) is 13.7 Å². The maximum absolute atomic E-state index is 9.00. The van der Waals surface area contributed by atoms with Gasteiger partial charge in [-0.05, 0) is 48.7 Å². The average molecular weight is 313 g/mol. The number of rotatable bonds is 3. The minimum Gasteiger partial charge on any atom is -0.497 e. The summed E-state index contributed by atoms with van der Waals surface area (Å²) in [6.07, 6.45) is 2.24. The van der Waals surface area contributed by atoms with E-state index in [4.69, 9.17) is 21.6 Å². The summed E-state index contributed by atoms with van der Waals surface area (Å²) in [6.45, 7) is 0.990. The van der Waals surface area contributed by atoms with E-state index in [1.165, 1.54) is 5.56 Å². The normalized spacial score (nSPS) is 17.3. The van der Waals surface area contributed by atoms with Crippen LogP contribution in [0.25, 0.3) is 0 Å². The molecule has 0 radical (unpaired) electrons. The Morgan fingerprint density at radius 1 is 1.27 bits per heavy atom. The highest BCUT2D eigenvalue weighted by Gasteiger charge is 2.26. The van der Waals surface area contributed by atoms with E-state index in [0.717, 1.165) is 30.8 Å². The Balaban J connectivity index is 1.93. The lowest BCUT2D eigenvalue weighted by atomic mass is 10.0. The van der Waals surface area contributed by atoms with Gasteiger partial charge < -0.3 is 9.64 Å². The summed E-state index contributed by atoms with van der Waals surface area (Å²) in [6, 6.07) is 16.3. The quantitative estimate of drug-likeness (QED) is 0.833. The number of anilines is 1. The average Bonchev–Trinajstić information content (AvgIpc) is 3.04. The summed E-state index contributed by atoms with van der Waals surface area (Å²) in [5.74, 6) is 0.877. The van der Waals surface area contributed by atoms with Gasteiger partial charge in [-0.15, -0.1) is 0 Å². The molecule has 1 unspecified atom stereocenters. The summed E-state index contributed by atoms with van der Waals surface area (Å²) in [7, 11) is 1.69. The largest absolute Gasteiger partial charge is 0.497 e. The van der Waals surface area contributed by atoms with Crippen molar-refractivity contribution < 1.29 is 4.74 Å². The number of nitriles is 1. The summed E-state index contributed by atoms with van der Waals surface area (Å²) in [5.41, 5.74) is 2.83. The number of benzene rings is 2. The van der Waals surface area contributed by atoms with Crippen LogP contribution in [-0.2, 0) is 0 Å². The Hall–Kier alpha value is -2.18. The second-order valence-electron chi connectivity index (χ2n) is 5.40. The Morgan fingerprint density at radius 3 is 2.86 bits per heavy atom. The standard InChI is InChI=1S/C18H17ClN2O/c1-22-16-5-2-4-13(10-16)18-6-3-9-21(18)15-8-7-14(12-20)17(19)11-15/h2,4-5,7-8,10-11,18H,3,6,9H2,1H3. The third kappa shape index (κ3) is 2.75. The SMILES string of the molecule is COc1cccc(C2CCCN2c2ccc(C#N)c(Cl)c2)c1. The Bertz CT molecular complexity index is 723. The van der Waals surface area contributed by atoms with Gasteiger partial charge in [0.25, 0.3) is 0 Å². The molecule has 1 heterocycles. The van der Waals surface area contributed by atoms with Gasteiger partial charge >= 0.3 is 0 Å². The van der Waals surface area contributed by atoms with E-state index in [1.54, 1.807) is 13.2 Å². The van der Waals surface area contributed by atoms with E-state index in [-0.39, 0.29) is 0 Å². The first-order valence-electron chi connectivity index (χ1n) is 7.33. The van der Waals surface area contributed by atoms with Crippen LogP contribution in [0, 0.1) is 11.3 Å². The first-order valence-corrected chi connectivity index (χ1v) is 7.71. The molecule has 2 aromatic carbocycles. The Morgan fingerprint density at radius 2 is 2.14 bits per heavy atom. The highest BCUT2D eigenvalue weighted by atomic mass is 35.5. The second kappa shape index (κ2) is 6.29. The molecule has 0 aliphatic carbocycles. The molecule has 4 heteroatoms. The summed E-state index contributed by atoms with van der Waals surface area (Å²) in [5, 5.41) is 9.51. The topological polar surface area (TPSA) is 36.3 Å². The molecule has 0 saturated carbocycles. The first kappa shape index (κ1) is 14.7. The van der Waals surface area contributed by atoms with Crippen LogP contribution in [0.15, 0.2) is 42.5 Å². The number of halogens is 1. The van der Waals surface area contributed by atoms with Gasteiger partial charge in [-0.1, -0.05) is 23.7 Å². The molecular formula is C18H17ClN2O. The van der Waals surface area contributed by atoms with Gasteiger partial charge in [0.15, 0.2) is 0 Å². The molecule has 0 amide bonds. The molecule has 1 saturated heterocycles. The molecule has 3 nitrogen and oxygen atoms in total. The fourth-order valence-corrected chi connectivity index (χ4v) is 3.26. The van der Waals surface area contributed by atoms with Crippen LogP contribution in [0.1, 0.15) is 30.0 Å². The van der Waals surface area contributed by atoms with Gasteiger partial charge in [0, 0.05) is 12.2 Å². The molecule has 2 aromatic rings. The summed E-state index contributed by atoms with van der Waals surface area (Å²) in [4.78, 5) is 2.35. The predicted octanol–water partition coefficient (Wildman–Crippen LogP) is 4.56. The molecule has 1 atom stereocenters. The van der Waals surface area contributed by atoms with Crippen molar-refractivity contribution in [1.82, 2.24) is 0 Å². The Labute approximate surface area is 135 Å².